The van der Waals surface area contributed by atoms with E-state index in [0.29, 0.717) is 23.7 Å². The molecule has 0 radical (unpaired) electrons. The van der Waals surface area contributed by atoms with Crippen LogP contribution in [0.25, 0.3) is 0 Å². The van der Waals surface area contributed by atoms with Gasteiger partial charge >= 0.3 is 0 Å². The predicted octanol–water partition coefficient (Wildman–Crippen LogP) is 2.63. The van der Waals surface area contributed by atoms with Crippen molar-refractivity contribution >= 4 is 23.1 Å². The maximum absolute atomic E-state index is 12.3. The number of rotatable bonds is 7. The molecular weight excluding hydrogens is 232 g/mol. The molecule has 2 atom stereocenters. The number of nitrogens with two attached hydrogens (primary N) is 1. The third-order valence-corrected chi connectivity index (χ3v) is 4.36. The largest absolute Gasteiger partial charge is 0.392 e. The molecule has 0 spiro atoms. The Balaban J connectivity index is 4.82. The molecule has 0 aliphatic carbocycles. The molecule has 0 heterocycles. The molecule has 0 aromatic heterocycles. The average molecular weight is 258 g/mol. The summed E-state index contributed by atoms with van der Waals surface area (Å²) in [5, 5.41) is 3.05. The van der Waals surface area contributed by atoms with Crippen LogP contribution in [0.4, 0.5) is 0 Å². The Bertz CT molecular complexity index is 275. The Morgan fingerprint density at radius 1 is 1.29 bits per heavy atom. The minimum absolute atomic E-state index is 0.0252. The van der Waals surface area contributed by atoms with Gasteiger partial charge in [-0.3, -0.25) is 4.79 Å². The summed E-state index contributed by atoms with van der Waals surface area (Å²) in [6.07, 6.45) is 2.34. The topological polar surface area (TPSA) is 55.1 Å². The fourth-order valence-corrected chi connectivity index (χ4v) is 2.25. The lowest BCUT2D eigenvalue weighted by Crippen LogP contribution is -2.51. The number of nitrogens with one attached hydrogen (secondary N) is 1. The molecule has 100 valence electrons. The number of hydrogen-bond donors (Lipinski definition) is 2. The lowest BCUT2D eigenvalue weighted by atomic mass is 9.80. The summed E-state index contributed by atoms with van der Waals surface area (Å²) < 4.78 is 0. The smallest absolute Gasteiger partial charge is 0.233 e. The van der Waals surface area contributed by atoms with Crippen molar-refractivity contribution in [2.75, 3.05) is 0 Å². The SMILES string of the molecule is CCC(C)C(C)NC(=O)C(CC)(CC)C(N)=S. The first-order valence-corrected chi connectivity index (χ1v) is 6.87. The monoisotopic (exact) mass is 258 g/mol. The Morgan fingerprint density at radius 2 is 1.76 bits per heavy atom. The van der Waals surface area contributed by atoms with E-state index in [1.807, 2.05) is 20.8 Å². The van der Waals surface area contributed by atoms with Gasteiger partial charge in [0.05, 0.1) is 10.4 Å². The van der Waals surface area contributed by atoms with Gasteiger partial charge in [0, 0.05) is 6.04 Å². The van der Waals surface area contributed by atoms with Crippen LogP contribution in [0.2, 0.25) is 0 Å². The summed E-state index contributed by atoms with van der Waals surface area (Å²) in [5.74, 6) is 0.430. The molecule has 0 rings (SSSR count). The predicted molar refractivity (Wildman–Crippen MR) is 76.9 cm³/mol. The highest BCUT2D eigenvalue weighted by atomic mass is 32.1. The normalized spacial score (nSPS) is 15.1. The van der Waals surface area contributed by atoms with E-state index < -0.39 is 5.41 Å². The van der Waals surface area contributed by atoms with Gasteiger partial charge in [-0.05, 0) is 25.7 Å². The van der Waals surface area contributed by atoms with Crippen LogP contribution in [0.3, 0.4) is 0 Å². The zero-order valence-electron chi connectivity index (χ0n) is 11.7. The van der Waals surface area contributed by atoms with Crippen molar-refractivity contribution in [3.05, 3.63) is 0 Å². The summed E-state index contributed by atoms with van der Waals surface area (Å²) in [6.45, 7) is 10.2. The molecule has 0 aromatic rings. The maximum Gasteiger partial charge on any atom is 0.233 e. The van der Waals surface area contributed by atoms with Crippen LogP contribution in [-0.4, -0.2) is 16.9 Å². The first-order chi connectivity index (χ1) is 7.85. The standard InChI is InChI=1S/C13H26N2OS/c1-6-9(4)10(5)15-12(16)13(7-2,8-3)11(14)17/h9-10H,6-8H2,1-5H3,(H2,14,17)(H,15,16). The van der Waals surface area contributed by atoms with Crippen LogP contribution in [0.15, 0.2) is 0 Å². The highest BCUT2D eigenvalue weighted by molar-refractivity contribution is 7.80. The van der Waals surface area contributed by atoms with Crippen molar-refractivity contribution in [2.24, 2.45) is 17.1 Å². The van der Waals surface area contributed by atoms with Crippen molar-refractivity contribution in [3.8, 4) is 0 Å². The third-order valence-electron chi connectivity index (χ3n) is 3.97. The number of carbonyl (C=O) groups is 1. The van der Waals surface area contributed by atoms with E-state index in [1.54, 1.807) is 0 Å². The minimum atomic E-state index is -0.683. The molecule has 3 nitrogen and oxygen atoms in total. The Kier molecular flexibility index (Phi) is 6.68. The van der Waals surface area contributed by atoms with Gasteiger partial charge in [0.15, 0.2) is 0 Å². The highest BCUT2D eigenvalue weighted by Crippen LogP contribution is 2.27. The second kappa shape index (κ2) is 6.94. The van der Waals surface area contributed by atoms with Gasteiger partial charge in [-0.25, -0.2) is 0 Å². The molecule has 17 heavy (non-hydrogen) atoms. The van der Waals surface area contributed by atoms with Crippen molar-refractivity contribution in [1.29, 1.82) is 0 Å². The fourth-order valence-electron chi connectivity index (χ4n) is 1.87. The lowest BCUT2D eigenvalue weighted by molar-refractivity contribution is -0.128. The Morgan fingerprint density at radius 3 is 2.06 bits per heavy atom. The summed E-state index contributed by atoms with van der Waals surface area (Å²) in [7, 11) is 0. The first-order valence-electron chi connectivity index (χ1n) is 6.46. The number of carbonyl (C=O) groups excluding carboxylic acids is 1. The van der Waals surface area contributed by atoms with Gasteiger partial charge in [0.1, 0.15) is 0 Å². The number of thiocarbonyl (C=S) groups is 1. The Hall–Kier alpha value is -0.640. The molecule has 3 N–H and O–H groups in total. The molecule has 2 unspecified atom stereocenters. The molecule has 0 saturated carbocycles. The molecular formula is C13H26N2OS. The van der Waals surface area contributed by atoms with Crippen molar-refractivity contribution in [1.82, 2.24) is 5.32 Å². The summed E-state index contributed by atoms with van der Waals surface area (Å²) in [5.41, 5.74) is 5.07. The van der Waals surface area contributed by atoms with E-state index >= 15 is 0 Å². The average Bonchev–Trinajstić information content (AvgIpc) is 2.29. The molecule has 0 aromatic carbocycles. The van der Waals surface area contributed by atoms with Crippen LogP contribution in [0.5, 0.6) is 0 Å². The van der Waals surface area contributed by atoms with Crippen molar-refractivity contribution in [3.63, 3.8) is 0 Å². The molecule has 1 amide bonds. The molecule has 0 fully saturated rings. The highest BCUT2D eigenvalue weighted by Gasteiger charge is 2.38. The van der Waals surface area contributed by atoms with Gasteiger partial charge in [-0.1, -0.05) is 46.3 Å². The number of amides is 1. The lowest BCUT2D eigenvalue weighted by Gasteiger charge is -2.31. The van der Waals surface area contributed by atoms with E-state index in [0.717, 1.165) is 6.42 Å². The number of hydrogen-bond acceptors (Lipinski definition) is 2. The Labute approximate surface area is 111 Å². The zero-order chi connectivity index (χ0) is 13.6. The van der Waals surface area contributed by atoms with E-state index in [1.165, 1.54) is 0 Å². The molecule has 0 saturated heterocycles. The van der Waals surface area contributed by atoms with Gasteiger partial charge in [0.2, 0.25) is 5.91 Å². The second-order valence-electron chi connectivity index (χ2n) is 4.80. The quantitative estimate of drug-likeness (QED) is 0.690. The zero-order valence-corrected chi connectivity index (χ0v) is 12.5. The second-order valence-corrected chi connectivity index (χ2v) is 5.24. The summed E-state index contributed by atoms with van der Waals surface area (Å²) >= 11 is 5.07. The van der Waals surface area contributed by atoms with Gasteiger partial charge in [-0.2, -0.15) is 0 Å². The van der Waals surface area contributed by atoms with Gasteiger partial charge in [0.25, 0.3) is 0 Å². The first kappa shape index (κ1) is 16.4. The van der Waals surface area contributed by atoms with E-state index in [-0.39, 0.29) is 11.9 Å². The van der Waals surface area contributed by atoms with Crippen LogP contribution in [0, 0.1) is 11.3 Å². The van der Waals surface area contributed by atoms with E-state index in [2.05, 4.69) is 19.2 Å². The summed E-state index contributed by atoms with van der Waals surface area (Å²) in [4.78, 5) is 12.6. The van der Waals surface area contributed by atoms with Crippen LogP contribution in [0.1, 0.15) is 53.9 Å². The van der Waals surface area contributed by atoms with Crippen LogP contribution < -0.4 is 11.1 Å². The molecule has 4 heteroatoms. The fraction of sp³-hybridized carbons (Fsp3) is 0.846. The van der Waals surface area contributed by atoms with Crippen molar-refractivity contribution in [2.45, 2.75) is 59.9 Å². The molecule has 0 aliphatic heterocycles. The maximum atomic E-state index is 12.3. The minimum Gasteiger partial charge on any atom is -0.392 e. The molecule has 0 bridgehead atoms. The van der Waals surface area contributed by atoms with Crippen LogP contribution in [-0.2, 0) is 4.79 Å². The van der Waals surface area contributed by atoms with Crippen molar-refractivity contribution < 1.29 is 4.79 Å². The third kappa shape index (κ3) is 3.66. The molecule has 0 aliphatic rings. The van der Waals surface area contributed by atoms with E-state index in [4.69, 9.17) is 18.0 Å². The summed E-state index contributed by atoms with van der Waals surface area (Å²) in [6, 6.07) is 0.152. The van der Waals surface area contributed by atoms with Gasteiger partial charge < -0.3 is 11.1 Å². The van der Waals surface area contributed by atoms with Gasteiger partial charge in [-0.15, -0.1) is 0 Å². The van der Waals surface area contributed by atoms with Crippen LogP contribution >= 0.6 is 12.2 Å². The van der Waals surface area contributed by atoms with E-state index in [9.17, 15) is 4.79 Å².